The summed E-state index contributed by atoms with van der Waals surface area (Å²) in [4.78, 5) is 10.2. The van der Waals surface area contributed by atoms with Crippen molar-refractivity contribution < 1.29 is 4.42 Å². The van der Waals surface area contributed by atoms with E-state index in [0.29, 0.717) is 12.4 Å². The molecule has 5 heteroatoms. The quantitative estimate of drug-likeness (QED) is 0.190. The van der Waals surface area contributed by atoms with Crippen LogP contribution in [0, 0.1) is 0 Å². The van der Waals surface area contributed by atoms with Gasteiger partial charge in [0.25, 0.3) is 0 Å². The first-order valence-electron chi connectivity index (χ1n) is 16.7. The van der Waals surface area contributed by atoms with Gasteiger partial charge in [0.15, 0.2) is 11.6 Å². The summed E-state index contributed by atoms with van der Waals surface area (Å²) in [6.45, 7) is 0.677. The molecular weight excluding hydrogens is 601 g/mol. The lowest BCUT2D eigenvalue weighted by Crippen LogP contribution is -2.33. The molecule has 2 aliphatic heterocycles. The number of benzene rings is 7. The maximum Gasteiger partial charge on any atom is 0.159 e. The summed E-state index contributed by atoms with van der Waals surface area (Å²) < 4.78 is 6.82. The van der Waals surface area contributed by atoms with E-state index in [1.54, 1.807) is 0 Å². The Balaban J connectivity index is 1.16. The number of hydrogen-bond acceptors (Lipinski definition) is 5. The lowest BCUT2D eigenvalue weighted by atomic mass is 9.89. The minimum absolute atomic E-state index is 0.288. The number of nitrogens with one attached hydrogen (secondary N) is 2. The molecule has 0 spiro atoms. The van der Waals surface area contributed by atoms with Gasteiger partial charge in [0.05, 0.1) is 11.1 Å². The Labute approximate surface area is 283 Å². The van der Waals surface area contributed by atoms with Crippen LogP contribution in [0.15, 0.2) is 166 Å². The maximum absolute atomic E-state index is 6.82. The first kappa shape index (κ1) is 27.6. The molecule has 232 valence electrons. The van der Waals surface area contributed by atoms with Gasteiger partial charge in [-0.25, -0.2) is 9.98 Å². The fourth-order valence-corrected chi connectivity index (χ4v) is 7.48. The van der Waals surface area contributed by atoms with E-state index in [-0.39, 0.29) is 6.17 Å². The summed E-state index contributed by atoms with van der Waals surface area (Å²) in [5, 5.41) is 15.8. The molecule has 49 heavy (non-hydrogen) atoms. The number of furan rings is 1. The van der Waals surface area contributed by atoms with Crippen molar-refractivity contribution >= 4 is 66.2 Å². The van der Waals surface area contributed by atoms with E-state index in [4.69, 9.17) is 14.4 Å². The molecule has 2 aliphatic rings. The van der Waals surface area contributed by atoms with Crippen LogP contribution in [-0.4, -0.2) is 18.2 Å². The van der Waals surface area contributed by atoms with Gasteiger partial charge in [0, 0.05) is 23.2 Å². The molecule has 0 radical (unpaired) electrons. The van der Waals surface area contributed by atoms with E-state index in [0.717, 1.165) is 50.5 Å². The Morgan fingerprint density at radius 3 is 2.20 bits per heavy atom. The average Bonchev–Trinajstić information content (AvgIpc) is 3.57. The molecule has 7 aromatic carbocycles. The summed E-state index contributed by atoms with van der Waals surface area (Å²) in [6, 6.07) is 50.9. The Hall–Kier alpha value is -6.46. The van der Waals surface area contributed by atoms with Gasteiger partial charge < -0.3 is 15.1 Å². The van der Waals surface area contributed by atoms with Crippen molar-refractivity contribution in [2.75, 3.05) is 11.9 Å². The van der Waals surface area contributed by atoms with Crippen molar-refractivity contribution in [2.24, 2.45) is 9.98 Å². The van der Waals surface area contributed by atoms with Crippen LogP contribution in [0.5, 0.6) is 0 Å². The molecule has 0 bridgehead atoms. The van der Waals surface area contributed by atoms with Crippen LogP contribution >= 0.6 is 0 Å². The standard InChI is InChI=1S/C44H30N4O/c1-3-13-28(14-4-1)42-46-43(29-15-5-2-6-16-29)48-44(47-42)35-20-11-21-38-39(35)40-41(49-38)34(24-25-45-40)37-26-36-30-17-8-7-12-27(30)22-23-33(36)31-18-9-10-19-32(31)37/h1-24,26,42,45H,25H2,(H,46,47,48). The Kier molecular flexibility index (Phi) is 6.24. The largest absolute Gasteiger partial charge is 0.454 e. The van der Waals surface area contributed by atoms with Crippen LogP contribution in [0.1, 0.15) is 34.2 Å². The fourth-order valence-electron chi connectivity index (χ4n) is 7.48. The van der Waals surface area contributed by atoms with Gasteiger partial charge in [-0.2, -0.15) is 0 Å². The van der Waals surface area contributed by atoms with Crippen molar-refractivity contribution in [3.8, 4) is 0 Å². The molecule has 0 aliphatic carbocycles. The number of rotatable bonds is 4. The molecule has 0 fully saturated rings. The predicted octanol–water partition coefficient (Wildman–Crippen LogP) is 10.2. The first-order chi connectivity index (χ1) is 24.3. The first-order valence-corrected chi connectivity index (χ1v) is 16.7. The minimum Gasteiger partial charge on any atom is -0.454 e. The monoisotopic (exact) mass is 630 g/mol. The van der Waals surface area contributed by atoms with Gasteiger partial charge in [-0.3, -0.25) is 0 Å². The van der Waals surface area contributed by atoms with Gasteiger partial charge in [0.1, 0.15) is 17.6 Å². The van der Waals surface area contributed by atoms with Crippen molar-refractivity contribution in [3.63, 3.8) is 0 Å². The summed E-state index contributed by atoms with van der Waals surface area (Å²) in [5.41, 5.74) is 7.06. The minimum atomic E-state index is -0.288. The van der Waals surface area contributed by atoms with Crippen LogP contribution in [0.2, 0.25) is 0 Å². The average molecular weight is 631 g/mol. The molecular formula is C44H30N4O. The highest BCUT2D eigenvalue weighted by atomic mass is 16.3. The van der Waals surface area contributed by atoms with E-state index in [9.17, 15) is 0 Å². The van der Waals surface area contributed by atoms with Gasteiger partial charge in [-0.1, -0.05) is 140 Å². The summed E-state index contributed by atoms with van der Waals surface area (Å²) in [6.07, 6.45) is 1.97. The van der Waals surface area contributed by atoms with Crippen LogP contribution in [0.3, 0.4) is 0 Å². The van der Waals surface area contributed by atoms with Crippen molar-refractivity contribution in [3.05, 3.63) is 180 Å². The second-order valence-electron chi connectivity index (χ2n) is 12.6. The highest BCUT2D eigenvalue weighted by Crippen LogP contribution is 2.45. The molecule has 2 N–H and O–H groups in total. The Morgan fingerprint density at radius 2 is 1.35 bits per heavy atom. The highest BCUT2D eigenvalue weighted by molar-refractivity contribution is 6.22. The number of aliphatic imine (C=N–C) groups is 2. The molecule has 3 heterocycles. The van der Waals surface area contributed by atoms with E-state index >= 15 is 0 Å². The van der Waals surface area contributed by atoms with E-state index in [1.165, 1.54) is 37.9 Å². The number of amidine groups is 2. The van der Waals surface area contributed by atoms with Crippen molar-refractivity contribution in [2.45, 2.75) is 6.17 Å². The summed E-state index contributed by atoms with van der Waals surface area (Å²) in [5.74, 6) is 2.30. The van der Waals surface area contributed by atoms with Crippen molar-refractivity contribution in [1.82, 2.24) is 5.32 Å². The van der Waals surface area contributed by atoms with Crippen LogP contribution < -0.4 is 10.6 Å². The van der Waals surface area contributed by atoms with Gasteiger partial charge in [0.2, 0.25) is 0 Å². The zero-order chi connectivity index (χ0) is 32.3. The van der Waals surface area contributed by atoms with Gasteiger partial charge in [-0.15, -0.1) is 0 Å². The molecule has 1 unspecified atom stereocenters. The second-order valence-corrected chi connectivity index (χ2v) is 12.6. The number of fused-ring (bicyclic) bond motifs is 8. The fraction of sp³-hybridized carbons (Fsp3) is 0.0455. The van der Waals surface area contributed by atoms with Gasteiger partial charge in [-0.05, 0) is 55.6 Å². The molecule has 5 nitrogen and oxygen atoms in total. The maximum atomic E-state index is 6.82. The van der Waals surface area contributed by atoms with Crippen LogP contribution in [0.4, 0.5) is 5.69 Å². The molecule has 1 aromatic heterocycles. The van der Waals surface area contributed by atoms with E-state index in [2.05, 4.69) is 114 Å². The van der Waals surface area contributed by atoms with Crippen LogP contribution in [-0.2, 0) is 0 Å². The zero-order valence-corrected chi connectivity index (χ0v) is 26.5. The normalized spacial score (nSPS) is 15.8. The topological polar surface area (TPSA) is 61.9 Å². The Bertz CT molecular complexity index is 2690. The molecule has 10 rings (SSSR count). The third-order valence-corrected chi connectivity index (χ3v) is 9.75. The van der Waals surface area contributed by atoms with E-state index in [1.807, 2.05) is 48.5 Å². The lowest BCUT2D eigenvalue weighted by molar-refractivity contribution is 0.600. The molecule has 1 atom stereocenters. The highest BCUT2D eigenvalue weighted by Gasteiger charge is 2.28. The molecule has 0 saturated carbocycles. The number of hydrogen-bond donors (Lipinski definition) is 2. The smallest absolute Gasteiger partial charge is 0.159 e. The lowest BCUT2D eigenvalue weighted by Gasteiger charge is -2.24. The number of nitrogens with zero attached hydrogens (tertiary/aromatic N) is 2. The zero-order valence-electron chi connectivity index (χ0n) is 26.5. The molecule has 0 amide bonds. The molecule has 0 saturated heterocycles. The predicted molar refractivity (Wildman–Crippen MR) is 203 cm³/mol. The van der Waals surface area contributed by atoms with Crippen LogP contribution in [0.25, 0.3) is 48.9 Å². The third-order valence-electron chi connectivity index (χ3n) is 9.75. The van der Waals surface area contributed by atoms with Gasteiger partial charge >= 0.3 is 0 Å². The summed E-state index contributed by atoms with van der Waals surface area (Å²) in [7, 11) is 0. The third kappa shape index (κ3) is 4.47. The second kappa shape index (κ2) is 11.1. The van der Waals surface area contributed by atoms with E-state index < -0.39 is 0 Å². The molecule has 8 aromatic rings. The van der Waals surface area contributed by atoms with Crippen molar-refractivity contribution in [1.29, 1.82) is 0 Å². The summed E-state index contributed by atoms with van der Waals surface area (Å²) >= 11 is 0. The number of anilines is 1. The SMILES string of the molecule is C1=C(c2cc3c4ccccc4ccc3c3ccccc23)c2oc3cccc(C4=NC(c5ccccc5)=NC(c5ccccc5)N4)c3c2NC1. The Morgan fingerprint density at radius 1 is 0.612 bits per heavy atom.